The zero-order valence-electron chi connectivity index (χ0n) is 11.2. The molecule has 0 radical (unpaired) electrons. The summed E-state index contributed by atoms with van der Waals surface area (Å²) in [5.41, 5.74) is 0.755. The second-order valence-electron chi connectivity index (χ2n) is 5.11. The Morgan fingerprint density at radius 3 is 2.33 bits per heavy atom. The first kappa shape index (κ1) is 13.1. The van der Waals surface area contributed by atoms with Crippen LogP contribution in [0.25, 0.3) is 0 Å². The maximum atomic E-state index is 12.6. The average molecular weight is 246 g/mol. The number of benzene rings is 1. The van der Waals surface area contributed by atoms with Gasteiger partial charge in [-0.1, -0.05) is 44.2 Å². The molecule has 0 amide bonds. The fourth-order valence-corrected chi connectivity index (χ4v) is 2.79. The molecule has 0 N–H and O–H groups in total. The molecule has 0 bridgehead atoms. The molecule has 0 heterocycles. The molecule has 1 aromatic rings. The van der Waals surface area contributed by atoms with Crippen LogP contribution in [-0.4, -0.2) is 12.9 Å². The molecule has 2 rings (SSSR count). The molecular weight excluding hydrogens is 224 g/mol. The predicted octanol–water partition coefficient (Wildman–Crippen LogP) is 4.24. The van der Waals surface area contributed by atoms with Crippen molar-refractivity contribution in [2.75, 3.05) is 7.11 Å². The second kappa shape index (κ2) is 6.58. The van der Waals surface area contributed by atoms with Crippen LogP contribution < -0.4 is 4.74 Å². The minimum atomic E-state index is 0.196. The summed E-state index contributed by atoms with van der Waals surface area (Å²) in [7, 11) is 1.63. The lowest BCUT2D eigenvalue weighted by molar-refractivity contribution is 0.0895. The number of carbonyl (C=O) groups is 1. The van der Waals surface area contributed by atoms with Gasteiger partial charge in [0, 0.05) is 5.92 Å². The number of methoxy groups -OCH3 is 1. The fourth-order valence-electron chi connectivity index (χ4n) is 2.79. The monoisotopic (exact) mass is 246 g/mol. The standard InChI is InChI=1S/C16H22O2/c1-18-15-12-8-7-11-14(15)16(17)13-9-5-3-2-4-6-10-13/h7-8,11-13H,2-6,9-10H2,1H3. The highest BCUT2D eigenvalue weighted by Gasteiger charge is 2.22. The fraction of sp³-hybridized carbons (Fsp3) is 0.562. The van der Waals surface area contributed by atoms with Gasteiger partial charge in [-0.15, -0.1) is 0 Å². The van der Waals surface area contributed by atoms with Crippen molar-refractivity contribution in [1.29, 1.82) is 0 Å². The Bertz CT molecular complexity index is 390. The molecule has 98 valence electrons. The molecule has 0 unspecified atom stereocenters. The number of Topliss-reactive ketones (excluding diaryl/α,β-unsaturated/α-hetero) is 1. The first-order chi connectivity index (χ1) is 8.83. The van der Waals surface area contributed by atoms with Crippen molar-refractivity contribution >= 4 is 5.78 Å². The van der Waals surface area contributed by atoms with E-state index in [4.69, 9.17) is 4.74 Å². The predicted molar refractivity (Wildman–Crippen MR) is 73.1 cm³/mol. The van der Waals surface area contributed by atoms with Gasteiger partial charge in [0.25, 0.3) is 0 Å². The molecule has 1 fully saturated rings. The van der Waals surface area contributed by atoms with E-state index in [2.05, 4.69) is 0 Å². The van der Waals surface area contributed by atoms with E-state index < -0.39 is 0 Å². The van der Waals surface area contributed by atoms with Gasteiger partial charge >= 0.3 is 0 Å². The summed E-state index contributed by atoms with van der Waals surface area (Å²) in [6.45, 7) is 0. The van der Waals surface area contributed by atoms with Crippen LogP contribution in [0.3, 0.4) is 0 Å². The third kappa shape index (κ3) is 3.12. The van der Waals surface area contributed by atoms with Crippen molar-refractivity contribution in [1.82, 2.24) is 0 Å². The average Bonchev–Trinajstić information content (AvgIpc) is 2.37. The number of para-hydroxylation sites is 1. The van der Waals surface area contributed by atoms with Gasteiger partial charge in [-0.05, 0) is 25.0 Å². The number of hydrogen-bond acceptors (Lipinski definition) is 2. The molecule has 1 saturated carbocycles. The van der Waals surface area contributed by atoms with Crippen LogP contribution in [0.4, 0.5) is 0 Å². The van der Waals surface area contributed by atoms with Crippen molar-refractivity contribution in [2.45, 2.75) is 44.9 Å². The maximum absolute atomic E-state index is 12.6. The van der Waals surface area contributed by atoms with Crippen LogP contribution in [0.15, 0.2) is 24.3 Å². The summed E-state index contributed by atoms with van der Waals surface area (Å²) in [6.07, 6.45) is 8.33. The van der Waals surface area contributed by atoms with Gasteiger partial charge in [0.05, 0.1) is 12.7 Å². The van der Waals surface area contributed by atoms with Gasteiger partial charge in [-0.3, -0.25) is 4.79 Å². The molecule has 1 aromatic carbocycles. The zero-order valence-corrected chi connectivity index (χ0v) is 11.2. The van der Waals surface area contributed by atoms with Crippen molar-refractivity contribution in [3.05, 3.63) is 29.8 Å². The zero-order chi connectivity index (χ0) is 12.8. The van der Waals surface area contributed by atoms with E-state index in [1.165, 1.54) is 32.1 Å². The Labute approximate surface area is 109 Å². The first-order valence-electron chi connectivity index (χ1n) is 7.00. The van der Waals surface area contributed by atoms with Gasteiger partial charge in [-0.25, -0.2) is 0 Å². The van der Waals surface area contributed by atoms with Crippen LogP contribution in [0.5, 0.6) is 5.75 Å². The Kier molecular flexibility index (Phi) is 4.80. The van der Waals surface area contributed by atoms with Crippen molar-refractivity contribution in [2.24, 2.45) is 5.92 Å². The molecular formula is C16H22O2. The minimum Gasteiger partial charge on any atom is -0.496 e. The van der Waals surface area contributed by atoms with E-state index in [1.807, 2.05) is 24.3 Å². The summed E-state index contributed by atoms with van der Waals surface area (Å²) < 4.78 is 5.29. The summed E-state index contributed by atoms with van der Waals surface area (Å²) in [6, 6.07) is 7.59. The largest absolute Gasteiger partial charge is 0.496 e. The van der Waals surface area contributed by atoms with Gasteiger partial charge in [0.15, 0.2) is 5.78 Å². The van der Waals surface area contributed by atoms with E-state index >= 15 is 0 Å². The summed E-state index contributed by atoms with van der Waals surface area (Å²) in [5.74, 6) is 1.18. The summed E-state index contributed by atoms with van der Waals surface area (Å²) in [4.78, 5) is 12.6. The highest BCUT2D eigenvalue weighted by molar-refractivity contribution is 6.00. The van der Waals surface area contributed by atoms with Crippen molar-refractivity contribution in [3.63, 3.8) is 0 Å². The van der Waals surface area contributed by atoms with Crippen LogP contribution >= 0.6 is 0 Å². The minimum absolute atomic E-state index is 0.196. The molecule has 0 atom stereocenters. The van der Waals surface area contributed by atoms with Crippen LogP contribution in [-0.2, 0) is 0 Å². The van der Waals surface area contributed by atoms with Crippen LogP contribution in [0.1, 0.15) is 55.3 Å². The van der Waals surface area contributed by atoms with E-state index in [0.29, 0.717) is 5.75 Å². The Morgan fingerprint density at radius 2 is 1.67 bits per heavy atom. The Hall–Kier alpha value is -1.31. The molecule has 0 aromatic heterocycles. The number of ketones is 1. The maximum Gasteiger partial charge on any atom is 0.169 e. The molecule has 0 saturated heterocycles. The third-order valence-electron chi connectivity index (χ3n) is 3.85. The topological polar surface area (TPSA) is 26.3 Å². The van der Waals surface area contributed by atoms with Crippen molar-refractivity contribution < 1.29 is 9.53 Å². The van der Waals surface area contributed by atoms with E-state index in [-0.39, 0.29) is 11.7 Å². The van der Waals surface area contributed by atoms with Gasteiger partial charge in [0.1, 0.15) is 5.75 Å². The lowest BCUT2D eigenvalue weighted by Gasteiger charge is -2.19. The van der Waals surface area contributed by atoms with Gasteiger partial charge < -0.3 is 4.74 Å². The first-order valence-corrected chi connectivity index (χ1v) is 7.00. The van der Waals surface area contributed by atoms with E-state index in [1.54, 1.807) is 7.11 Å². The van der Waals surface area contributed by atoms with E-state index in [9.17, 15) is 4.79 Å². The number of hydrogen-bond donors (Lipinski definition) is 0. The quantitative estimate of drug-likeness (QED) is 0.746. The molecule has 0 spiro atoms. The Balaban J connectivity index is 2.13. The SMILES string of the molecule is COc1ccccc1C(=O)C1CCCCCCC1. The van der Waals surface area contributed by atoms with Crippen LogP contribution in [0, 0.1) is 5.92 Å². The number of carbonyl (C=O) groups excluding carboxylic acids is 1. The Morgan fingerprint density at radius 1 is 1.06 bits per heavy atom. The third-order valence-corrected chi connectivity index (χ3v) is 3.85. The normalized spacial score (nSPS) is 17.8. The van der Waals surface area contributed by atoms with Gasteiger partial charge in [0.2, 0.25) is 0 Å². The summed E-state index contributed by atoms with van der Waals surface area (Å²) >= 11 is 0. The smallest absolute Gasteiger partial charge is 0.169 e. The van der Waals surface area contributed by atoms with Crippen LogP contribution in [0.2, 0.25) is 0 Å². The molecule has 18 heavy (non-hydrogen) atoms. The lowest BCUT2D eigenvalue weighted by atomic mass is 9.85. The van der Waals surface area contributed by atoms with Gasteiger partial charge in [-0.2, -0.15) is 0 Å². The molecule has 2 nitrogen and oxygen atoms in total. The number of rotatable bonds is 3. The number of ether oxygens (including phenoxy) is 1. The van der Waals surface area contributed by atoms with E-state index in [0.717, 1.165) is 18.4 Å². The summed E-state index contributed by atoms with van der Waals surface area (Å²) in [5, 5.41) is 0. The van der Waals surface area contributed by atoms with Crippen molar-refractivity contribution in [3.8, 4) is 5.75 Å². The highest BCUT2D eigenvalue weighted by atomic mass is 16.5. The molecule has 2 heteroatoms. The molecule has 1 aliphatic rings. The molecule has 0 aliphatic heterocycles. The lowest BCUT2D eigenvalue weighted by Crippen LogP contribution is -2.17. The highest BCUT2D eigenvalue weighted by Crippen LogP contribution is 2.28. The molecule has 1 aliphatic carbocycles. The second-order valence-corrected chi connectivity index (χ2v) is 5.11.